The van der Waals surface area contributed by atoms with Crippen molar-refractivity contribution in [2.45, 2.75) is 38.3 Å². The number of carbonyl (C=O) groups excluding carboxylic acids is 1. The second-order valence-electron chi connectivity index (χ2n) is 7.79. The van der Waals surface area contributed by atoms with Crippen LogP contribution < -0.4 is 0 Å². The van der Waals surface area contributed by atoms with Crippen LogP contribution in [0.15, 0.2) is 66.9 Å². The van der Waals surface area contributed by atoms with Crippen molar-refractivity contribution in [2.24, 2.45) is 0 Å². The van der Waals surface area contributed by atoms with Crippen LogP contribution in [0.25, 0.3) is 22.2 Å². The fourth-order valence-electron chi connectivity index (χ4n) is 4.22. The fraction of sp³-hybridized carbons (Fsp3) is 0.250. The van der Waals surface area contributed by atoms with Crippen LogP contribution in [0.2, 0.25) is 0 Å². The van der Waals surface area contributed by atoms with E-state index in [1.165, 1.54) is 0 Å². The van der Waals surface area contributed by atoms with Crippen LogP contribution in [0.4, 0.5) is 0 Å². The molecule has 2 heterocycles. The summed E-state index contributed by atoms with van der Waals surface area (Å²) in [5.74, 6) is 0.163. The Kier molecular flexibility index (Phi) is 4.43. The number of fused-ring (bicyclic) bond motifs is 1. The molecule has 1 aliphatic rings. The maximum atomic E-state index is 13.5. The van der Waals surface area contributed by atoms with Crippen LogP contribution in [-0.2, 0) is 11.2 Å². The number of para-hydroxylation sites is 1. The molecular formula is C24H24N4O. The summed E-state index contributed by atoms with van der Waals surface area (Å²) in [6.45, 7) is 2.08. The molecule has 5 heteroatoms. The molecule has 1 fully saturated rings. The predicted octanol–water partition coefficient (Wildman–Crippen LogP) is 4.85. The SMILES string of the molecule is CC(c1ccn[nH]1)N(C(=O)Cc1c(-c2ccccc2)[nH]c2ccccc12)C1CC1. The number of aromatic amines is 2. The first-order valence-electron chi connectivity index (χ1n) is 10.2. The Morgan fingerprint density at radius 3 is 2.59 bits per heavy atom. The summed E-state index contributed by atoms with van der Waals surface area (Å²) in [5, 5.41) is 8.21. The summed E-state index contributed by atoms with van der Waals surface area (Å²) in [6.07, 6.45) is 4.27. The number of hydrogen-bond donors (Lipinski definition) is 2. The van der Waals surface area contributed by atoms with E-state index >= 15 is 0 Å². The molecule has 1 atom stereocenters. The largest absolute Gasteiger partial charge is 0.354 e. The molecule has 1 aliphatic carbocycles. The molecule has 0 radical (unpaired) electrons. The van der Waals surface area contributed by atoms with Gasteiger partial charge in [0.15, 0.2) is 0 Å². The summed E-state index contributed by atoms with van der Waals surface area (Å²) in [7, 11) is 0. The molecule has 2 N–H and O–H groups in total. The van der Waals surface area contributed by atoms with Gasteiger partial charge >= 0.3 is 0 Å². The Morgan fingerprint density at radius 2 is 1.86 bits per heavy atom. The Balaban J connectivity index is 1.53. The zero-order valence-electron chi connectivity index (χ0n) is 16.4. The fourth-order valence-corrected chi connectivity index (χ4v) is 4.22. The molecule has 1 saturated carbocycles. The summed E-state index contributed by atoms with van der Waals surface area (Å²) < 4.78 is 0. The summed E-state index contributed by atoms with van der Waals surface area (Å²) in [5.41, 5.74) is 5.25. The van der Waals surface area contributed by atoms with Gasteiger partial charge in [0.1, 0.15) is 0 Å². The van der Waals surface area contributed by atoms with Gasteiger partial charge in [-0.15, -0.1) is 0 Å². The molecule has 146 valence electrons. The minimum Gasteiger partial charge on any atom is -0.354 e. The van der Waals surface area contributed by atoms with Crippen LogP contribution in [0, 0.1) is 0 Å². The minimum absolute atomic E-state index is 0.0112. The zero-order valence-corrected chi connectivity index (χ0v) is 16.4. The molecule has 0 saturated heterocycles. The number of nitrogens with one attached hydrogen (secondary N) is 2. The highest BCUT2D eigenvalue weighted by Crippen LogP contribution is 2.36. The lowest BCUT2D eigenvalue weighted by molar-refractivity contribution is -0.133. The molecule has 0 spiro atoms. The molecule has 1 unspecified atom stereocenters. The van der Waals surface area contributed by atoms with E-state index in [4.69, 9.17) is 0 Å². The number of amides is 1. The Hall–Kier alpha value is -3.34. The lowest BCUT2D eigenvalue weighted by atomic mass is 10.0. The van der Waals surface area contributed by atoms with Crippen LogP contribution >= 0.6 is 0 Å². The van der Waals surface area contributed by atoms with Gasteiger partial charge in [-0.25, -0.2) is 0 Å². The van der Waals surface area contributed by atoms with Crippen molar-refractivity contribution >= 4 is 16.8 Å². The maximum Gasteiger partial charge on any atom is 0.227 e. The second-order valence-corrected chi connectivity index (χ2v) is 7.79. The van der Waals surface area contributed by atoms with Crippen molar-refractivity contribution < 1.29 is 4.79 Å². The Labute approximate surface area is 169 Å². The van der Waals surface area contributed by atoms with Crippen molar-refractivity contribution in [1.82, 2.24) is 20.1 Å². The first-order chi connectivity index (χ1) is 14.2. The van der Waals surface area contributed by atoms with Crippen LogP contribution in [-0.4, -0.2) is 32.0 Å². The molecule has 5 rings (SSSR count). The number of benzene rings is 2. The van der Waals surface area contributed by atoms with E-state index in [0.717, 1.165) is 46.3 Å². The first kappa shape index (κ1) is 17.7. The van der Waals surface area contributed by atoms with Gasteiger partial charge in [0, 0.05) is 23.1 Å². The van der Waals surface area contributed by atoms with Gasteiger partial charge in [-0.1, -0.05) is 48.5 Å². The van der Waals surface area contributed by atoms with E-state index in [2.05, 4.69) is 46.4 Å². The normalized spacial score (nSPS) is 14.8. The zero-order chi connectivity index (χ0) is 19.8. The average Bonchev–Trinajstić information content (AvgIpc) is 3.28. The van der Waals surface area contributed by atoms with Gasteiger partial charge < -0.3 is 9.88 Å². The van der Waals surface area contributed by atoms with Crippen LogP contribution in [0.1, 0.15) is 37.1 Å². The number of nitrogens with zero attached hydrogens (tertiary/aromatic N) is 2. The third-order valence-corrected chi connectivity index (χ3v) is 5.82. The first-order valence-corrected chi connectivity index (χ1v) is 10.2. The molecule has 4 aromatic rings. The topological polar surface area (TPSA) is 64.8 Å². The number of rotatable bonds is 6. The second kappa shape index (κ2) is 7.24. The minimum atomic E-state index is -0.0112. The molecular weight excluding hydrogens is 360 g/mol. The summed E-state index contributed by atoms with van der Waals surface area (Å²) >= 11 is 0. The monoisotopic (exact) mass is 384 g/mol. The molecule has 2 aromatic heterocycles. The Morgan fingerprint density at radius 1 is 1.10 bits per heavy atom. The summed E-state index contributed by atoms with van der Waals surface area (Å²) in [6, 6.07) is 20.7. The molecule has 1 amide bonds. The molecule has 0 bridgehead atoms. The van der Waals surface area contributed by atoms with Gasteiger partial charge in [-0.3, -0.25) is 9.89 Å². The van der Waals surface area contributed by atoms with Crippen molar-refractivity contribution in [3.8, 4) is 11.3 Å². The van der Waals surface area contributed by atoms with Gasteiger partial charge in [0.05, 0.1) is 23.9 Å². The van der Waals surface area contributed by atoms with Crippen molar-refractivity contribution in [3.05, 3.63) is 78.1 Å². The van der Waals surface area contributed by atoms with E-state index in [0.29, 0.717) is 12.5 Å². The van der Waals surface area contributed by atoms with Crippen LogP contribution in [0.3, 0.4) is 0 Å². The van der Waals surface area contributed by atoms with E-state index < -0.39 is 0 Å². The summed E-state index contributed by atoms with van der Waals surface area (Å²) in [4.78, 5) is 19.1. The van der Waals surface area contributed by atoms with E-state index in [9.17, 15) is 4.79 Å². The predicted molar refractivity (Wildman–Crippen MR) is 114 cm³/mol. The maximum absolute atomic E-state index is 13.5. The molecule has 0 aliphatic heterocycles. The number of hydrogen-bond acceptors (Lipinski definition) is 2. The lowest BCUT2D eigenvalue weighted by Crippen LogP contribution is -2.36. The third kappa shape index (κ3) is 3.33. The smallest absolute Gasteiger partial charge is 0.227 e. The third-order valence-electron chi connectivity index (χ3n) is 5.82. The quantitative estimate of drug-likeness (QED) is 0.499. The highest BCUT2D eigenvalue weighted by atomic mass is 16.2. The van der Waals surface area contributed by atoms with Gasteiger partial charge in [-0.05, 0) is 43.0 Å². The average molecular weight is 384 g/mol. The molecule has 29 heavy (non-hydrogen) atoms. The van der Waals surface area contributed by atoms with Gasteiger partial charge in [0.2, 0.25) is 5.91 Å². The van der Waals surface area contributed by atoms with Crippen molar-refractivity contribution in [1.29, 1.82) is 0 Å². The number of H-pyrrole nitrogens is 2. The number of carbonyl (C=O) groups is 1. The Bertz CT molecular complexity index is 1130. The van der Waals surface area contributed by atoms with Gasteiger partial charge in [0.25, 0.3) is 0 Å². The van der Waals surface area contributed by atoms with E-state index in [1.54, 1.807) is 6.20 Å². The standard InChI is InChI=1S/C24H24N4O/c1-16(21-13-14-25-27-21)28(18-11-12-18)23(29)15-20-19-9-5-6-10-22(19)26-24(20)17-7-3-2-4-8-17/h2-10,13-14,16,18,26H,11-12,15H2,1H3,(H,25,27). The van der Waals surface area contributed by atoms with Gasteiger partial charge in [-0.2, -0.15) is 5.10 Å². The molecule has 2 aromatic carbocycles. The van der Waals surface area contributed by atoms with E-state index in [-0.39, 0.29) is 11.9 Å². The van der Waals surface area contributed by atoms with Crippen LogP contribution in [0.5, 0.6) is 0 Å². The van der Waals surface area contributed by atoms with E-state index in [1.807, 2.05) is 41.3 Å². The lowest BCUT2D eigenvalue weighted by Gasteiger charge is -2.29. The highest BCUT2D eigenvalue weighted by molar-refractivity contribution is 5.95. The van der Waals surface area contributed by atoms with Crippen molar-refractivity contribution in [3.63, 3.8) is 0 Å². The number of aromatic nitrogens is 3. The highest BCUT2D eigenvalue weighted by Gasteiger charge is 2.37. The molecule has 5 nitrogen and oxygen atoms in total. The van der Waals surface area contributed by atoms with Crippen molar-refractivity contribution in [2.75, 3.05) is 0 Å².